The molecule has 1 nitrogen and oxygen atoms in total. The van der Waals surface area contributed by atoms with Crippen LogP contribution >= 0.6 is 0 Å². The van der Waals surface area contributed by atoms with E-state index in [-0.39, 0.29) is 12.1 Å². The van der Waals surface area contributed by atoms with Gasteiger partial charge in [0.25, 0.3) is 0 Å². The van der Waals surface area contributed by atoms with Crippen LogP contribution in [0.3, 0.4) is 0 Å². The first-order chi connectivity index (χ1) is 8.66. The Morgan fingerprint density at radius 1 is 1.00 bits per heavy atom. The first-order valence-corrected chi connectivity index (χ1v) is 5.58. The Morgan fingerprint density at radius 3 is 2.05 bits per heavy atom. The molecule has 0 fully saturated rings. The number of halogens is 6. The largest absolute Gasteiger partial charge is 0.416 e. The summed E-state index contributed by atoms with van der Waals surface area (Å²) in [5, 5.41) is 0. The smallest absolute Gasteiger partial charge is 0.330 e. The second-order valence-electron chi connectivity index (χ2n) is 4.17. The van der Waals surface area contributed by atoms with E-state index in [9.17, 15) is 26.3 Å². The summed E-state index contributed by atoms with van der Waals surface area (Å²) in [5.74, 6) is -1.86. The highest BCUT2D eigenvalue weighted by molar-refractivity contribution is 5.30. The van der Waals surface area contributed by atoms with Crippen molar-refractivity contribution in [1.29, 1.82) is 0 Å². The van der Waals surface area contributed by atoms with Crippen molar-refractivity contribution < 1.29 is 26.3 Å². The number of rotatable bonds is 4. The predicted molar refractivity (Wildman–Crippen MR) is 58.4 cm³/mol. The van der Waals surface area contributed by atoms with Crippen LogP contribution in [0.2, 0.25) is 0 Å². The van der Waals surface area contributed by atoms with E-state index in [1.807, 2.05) is 0 Å². The van der Waals surface area contributed by atoms with Crippen molar-refractivity contribution in [3.05, 3.63) is 35.4 Å². The van der Waals surface area contributed by atoms with E-state index in [0.29, 0.717) is 0 Å². The summed E-state index contributed by atoms with van der Waals surface area (Å²) < 4.78 is 76.1. The molecule has 0 aromatic heterocycles. The lowest BCUT2D eigenvalue weighted by Gasteiger charge is -2.21. The van der Waals surface area contributed by atoms with Gasteiger partial charge in [0.2, 0.25) is 0 Å². The topological polar surface area (TPSA) is 26.0 Å². The fourth-order valence-corrected chi connectivity index (χ4v) is 1.82. The SMILES string of the molecule is NCCC(Cc1ccccc1C(F)(F)F)C(F)(F)F. The molecular formula is C12H13F6N. The van der Waals surface area contributed by atoms with E-state index < -0.39 is 36.7 Å². The third-order valence-electron chi connectivity index (χ3n) is 2.77. The molecule has 0 saturated carbocycles. The van der Waals surface area contributed by atoms with Crippen LogP contribution in [-0.2, 0) is 12.6 Å². The van der Waals surface area contributed by atoms with Gasteiger partial charge in [0.05, 0.1) is 11.5 Å². The van der Waals surface area contributed by atoms with Crippen molar-refractivity contribution in [3.8, 4) is 0 Å². The van der Waals surface area contributed by atoms with E-state index in [4.69, 9.17) is 5.73 Å². The maximum absolute atomic E-state index is 12.7. The van der Waals surface area contributed by atoms with Crippen LogP contribution in [0.15, 0.2) is 24.3 Å². The summed E-state index contributed by atoms with van der Waals surface area (Å²) in [6.45, 7) is -0.224. The van der Waals surface area contributed by atoms with Gasteiger partial charge in [-0.2, -0.15) is 26.3 Å². The van der Waals surface area contributed by atoms with Gasteiger partial charge in [0.15, 0.2) is 0 Å². The molecule has 108 valence electrons. The Labute approximate surface area is 106 Å². The quantitative estimate of drug-likeness (QED) is 0.837. The number of hydrogen-bond donors (Lipinski definition) is 1. The summed E-state index contributed by atoms with van der Waals surface area (Å²) in [4.78, 5) is 0. The first kappa shape index (κ1) is 15.8. The number of hydrogen-bond acceptors (Lipinski definition) is 1. The average Bonchev–Trinajstić information content (AvgIpc) is 2.26. The van der Waals surface area contributed by atoms with Crippen LogP contribution in [0.4, 0.5) is 26.3 Å². The summed E-state index contributed by atoms with van der Waals surface area (Å²) in [7, 11) is 0. The van der Waals surface area contributed by atoms with Crippen LogP contribution in [0.5, 0.6) is 0 Å². The third kappa shape index (κ3) is 4.41. The highest BCUT2D eigenvalue weighted by Crippen LogP contribution is 2.36. The maximum Gasteiger partial charge on any atom is 0.416 e. The summed E-state index contributed by atoms with van der Waals surface area (Å²) >= 11 is 0. The Hall–Kier alpha value is -1.24. The minimum absolute atomic E-state index is 0.224. The van der Waals surface area contributed by atoms with Gasteiger partial charge in [-0.25, -0.2) is 0 Å². The molecule has 7 heteroatoms. The summed E-state index contributed by atoms with van der Waals surface area (Å²) in [6, 6.07) is 4.29. The minimum atomic E-state index is -4.66. The van der Waals surface area contributed by atoms with Crippen LogP contribution < -0.4 is 5.73 Å². The molecular weight excluding hydrogens is 272 g/mol. The lowest BCUT2D eigenvalue weighted by atomic mass is 9.92. The third-order valence-corrected chi connectivity index (χ3v) is 2.77. The van der Waals surface area contributed by atoms with Crippen LogP contribution in [0.25, 0.3) is 0 Å². The number of nitrogens with two attached hydrogens (primary N) is 1. The molecule has 2 N–H and O–H groups in total. The molecule has 0 spiro atoms. The fraction of sp³-hybridized carbons (Fsp3) is 0.500. The van der Waals surface area contributed by atoms with Gasteiger partial charge in [-0.1, -0.05) is 18.2 Å². The second-order valence-corrected chi connectivity index (χ2v) is 4.17. The van der Waals surface area contributed by atoms with Gasteiger partial charge in [0.1, 0.15) is 0 Å². The molecule has 0 amide bonds. The first-order valence-electron chi connectivity index (χ1n) is 5.58. The molecule has 0 aliphatic heterocycles. The molecule has 0 radical (unpaired) electrons. The molecule has 0 heterocycles. The van der Waals surface area contributed by atoms with Crippen molar-refractivity contribution in [2.45, 2.75) is 25.2 Å². The number of benzene rings is 1. The zero-order chi connectivity index (χ0) is 14.7. The summed E-state index contributed by atoms with van der Waals surface area (Å²) in [5.41, 5.74) is 3.70. The van der Waals surface area contributed by atoms with E-state index in [1.165, 1.54) is 6.07 Å². The molecule has 0 aliphatic carbocycles. The van der Waals surface area contributed by atoms with Gasteiger partial charge in [-0.15, -0.1) is 0 Å². The maximum atomic E-state index is 12.7. The summed E-state index contributed by atoms with van der Waals surface area (Å²) in [6.07, 6.45) is -10.3. The van der Waals surface area contributed by atoms with Gasteiger partial charge < -0.3 is 5.73 Å². The van der Waals surface area contributed by atoms with E-state index in [2.05, 4.69) is 0 Å². The van der Waals surface area contributed by atoms with E-state index in [0.717, 1.165) is 18.2 Å². The highest BCUT2D eigenvalue weighted by atomic mass is 19.4. The molecule has 19 heavy (non-hydrogen) atoms. The predicted octanol–water partition coefficient (Wildman–Crippen LogP) is 3.78. The Kier molecular flexibility index (Phi) is 4.84. The Morgan fingerprint density at radius 2 is 1.58 bits per heavy atom. The zero-order valence-electron chi connectivity index (χ0n) is 9.85. The van der Waals surface area contributed by atoms with Gasteiger partial charge in [-0.05, 0) is 31.0 Å². The Bertz CT molecular complexity index is 409. The average molecular weight is 285 g/mol. The normalized spacial score (nSPS) is 14.5. The zero-order valence-corrected chi connectivity index (χ0v) is 9.85. The monoisotopic (exact) mass is 285 g/mol. The molecule has 0 bridgehead atoms. The van der Waals surface area contributed by atoms with E-state index >= 15 is 0 Å². The van der Waals surface area contributed by atoms with Crippen LogP contribution in [0.1, 0.15) is 17.5 Å². The second kappa shape index (κ2) is 5.81. The van der Waals surface area contributed by atoms with E-state index in [1.54, 1.807) is 0 Å². The van der Waals surface area contributed by atoms with Crippen molar-refractivity contribution in [3.63, 3.8) is 0 Å². The van der Waals surface area contributed by atoms with Gasteiger partial charge in [-0.3, -0.25) is 0 Å². The van der Waals surface area contributed by atoms with Crippen molar-refractivity contribution in [1.82, 2.24) is 0 Å². The van der Waals surface area contributed by atoms with Crippen molar-refractivity contribution >= 4 is 0 Å². The highest BCUT2D eigenvalue weighted by Gasteiger charge is 2.41. The lowest BCUT2D eigenvalue weighted by molar-refractivity contribution is -0.176. The standard InChI is InChI=1S/C12H13F6N/c13-11(14,15)9(5-6-19)7-8-3-1-2-4-10(8)12(16,17)18/h1-4,9H,5-7,19H2. The molecule has 1 unspecified atom stereocenters. The number of alkyl halides is 6. The fourth-order valence-electron chi connectivity index (χ4n) is 1.82. The molecule has 1 rings (SSSR count). The molecule has 0 aliphatic rings. The Balaban J connectivity index is 3.04. The molecule has 1 aromatic rings. The minimum Gasteiger partial charge on any atom is -0.330 e. The molecule has 1 atom stereocenters. The molecule has 1 aromatic carbocycles. The van der Waals surface area contributed by atoms with Crippen LogP contribution in [-0.4, -0.2) is 12.7 Å². The van der Waals surface area contributed by atoms with Crippen molar-refractivity contribution in [2.75, 3.05) is 6.54 Å². The van der Waals surface area contributed by atoms with Gasteiger partial charge in [0, 0.05) is 0 Å². The van der Waals surface area contributed by atoms with Gasteiger partial charge >= 0.3 is 12.4 Å². The molecule has 0 saturated heterocycles. The van der Waals surface area contributed by atoms with Crippen LogP contribution in [0, 0.1) is 5.92 Å². The van der Waals surface area contributed by atoms with Crippen molar-refractivity contribution in [2.24, 2.45) is 11.7 Å². The lowest BCUT2D eigenvalue weighted by Crippen LogP contribution is -2.28.